The number of aryl methyl sites for hydroxylation is 1. The van der Waals surface area contributed by atoms with Crippen LogP contribution in [0.2, 0.25) is 0 Å². The van der Waals surface area contributed by atoms with Gasteiger partial charge in [0.25, 0.3) is 5.91 Å². The third kappa shape index (κ3) is 4.77. The monoisotopic (exact) mass is 583 g/mol. The molecule has 1 saturated heterocycles. The van der Waals surface area contributed by atoms with Gasteiger partial charge in [0.15, 0.2) is 6.23 Å². The van der Waals surface area contributed by atoms with Crippen molar-refractivity contribution in [2.24, 2.45) is 0 Å². The molecule has 1 aromatic carbocycles. The normalized spacial score (nSPS) is 21.8. The number of aromatic nitrogens is 1. The Balaban J connectivity index is 1.50. The highest BCUT2D eigenvalue weighted by molar-refractivity contribution is 9.13. The maximum Gasteiger partial charge on any atom is 0.322 e. The molecule has 2 aliphatic rings. The van der Waals surface area contributed by atoms with Gasteiger partial charge in [-0.05, 0) is 57.0 Å². The van der Waals surface area contributed by atoms with E-state index >= 15 is 0 Å². The van der Waals surface area contributed by atoms with Crippen LogP contribution in [0.1, 0.15) is 28.5 Å². The average Bonchev–Trinajstić information content (AvgIpc) is 3.08. The number of carbonyl (C=O) groups is 2. The van der Waals surface area contributed by atoms with Crippen LogP contribution < -0.4 is 10.2 Å². The summed E-state index contributed by atoms with van der Waals surface area (Å²) in [5.74, 6) is -0.249. The fraction of sp³-hybridized carbons (Fsp3) is 0.455. The number of aliphatic hydroxyl groups excluding tert-OH is 1. The highest BCUT2D eigenvalue weighted by Gasteiger charge is 2.38. The van der Waals surface area contributed by atoms with Crippen LogP contribution in [0.25, 0.3) is 0 Å². The lowest BCUT2D eigenvalue weighted by molar-refractivity contribution is -0.00412. The van der Waals surface area contributed by atoms with Gasteiger partial charge in [0.05, 0.1) is 36.5 Å². The molecule has 0 bridgehead atoms. The molecule has 0 spiro atoms. The zero-order valence-corrected chi connectivity index (χ0v) is 21.8. The number of hydrogen-bond acceptors (Lipinski definition) is 5. The van der Waals surface area contributed by atoms with Crippen molar-refractivity contribution in [2.75, 3.05) is 38.9 Å². The Labute approximate surface area is 209 Å². The lowest BCUT2D eigenvalue weighted by Crippen LogP contribution is -2.58. The van der Waals surface area contributed by atoms with Crippen LogP contribution in [0.3, 0.4) is 0 Å². The van der Waals surface area contributed by atoms with Crippen LogP contribution in [0.15, 0.2) is 39.4 Å². The Kier molecular flexibility index (Phi) is 7.04. The van der Waals surface area contributed by atoms with Crippen LogP contribution >= 0.6 is 31.9 Å². The molecule has 1 unspecified atom stereocenters. The van der Waals surface area contributed by atoms with Gasteiger partial charge in [-0.1, -0.05) is 17.7 Å². The lowest BCUT2D eigenvalue weighted by atomic mass is 10.0. The number of aliphatic hydroxyl groups is 1. The average molecular weight is 585 g/mol. The summed E-state index contributed by atoms with van der Waals surface area (Å²) >= 11 is 6.98. The number of nitrogens with zero attached hydrogens (tertiary/aromatic N) is 4. The minimum atomic E-state index is -0.834. The van der Waals surface area contributed by atoms with Crippen molar-refractivity contribution >= 4 is 49.5 Å². The molecule has 178 valence electrons. The van der Waals surface area contributed by atoms with Gasteiger partial charge in [-0.25, -0.2) is 4.79 Å². The Hall–Kier alpha value is -2.08. The molecule has 2 N–H and O–H groups in total. The van der Waals surface area contributed by atoms with E-state index in [0.717, 1.165) is 10.2 Å². The number of β-amino-alcohol motifs (C(OH)–C–C–N with tert-alkyl or cyclic N) is 1. The topological polar surface area (TPSA) is 90.3 Å². The molecule has 3 amide bonds. The SMILES string of the molecule is CO[C@H]1NC(=O)c2cc(Br)c(Br)n2[C@@H]1CC(O)CN1CN(c2ccc(C)cc2)CN(C)C1=O. The number of fused-ring (bicyclic) bond motifs is 1. The minimum absolute atomic E-state index is 0.136. The van der Waals surface area contributed by atoms with Gasteiger partial charge in [0.1, 0.15) is 10.3 Å². The summed E-state index contributed by atoms with van der Waals surface area (Å²) in [4.78, 5) is 30.6. The predicted octanol–water partition coefficient (Wildman–Crippen LogP) is 3.12. The van der Waals surface area contributed by atoms with Gasteiger partial charge in [0.2, 0.25) is 0 Å². The van der Waals surface area contributed by atoms with Crippen LogP contribution in [0.4, 0.5) is 10.5 Å². The molecule has 2 aliphatic heterocycles. The molecule has 2 aromatic rings. The Morgan fingerprint density at radius 1 is 1.21 bits per heavy atom. The fourth-order valence-corrected chi connectivity index (χ4v) is 5.36. The van der Waals surface area contributed by atoms with E-state index in [1.165, 1.54) is 12.7 Å². The number of methoxy groups -OCH3 is 1. The summed E-state index contributed by atoms with van der Waals surface area (Å²) in [7, 11) is 3.27. The van der Waals surface area contributed by atoms with Crippen molar-refractivity contribution in [1.29, 1.82) is 0 Å². The van der Waals surface area contributed by atoms with Crippen molar-refractivity contribution in [3.8, 4) is 0 Å². The third-order valence-electron chi connectivity index (χ3n) is 6.04. The molecular weight excluding hydrogens is 558 g/mol. The molecule has 4 rings (SSSR count). The Morgan fingerprint density at radius 2 is 1.91 bits per heavy atom. The second-order valence-corrected chi connectivity index (χ2v) is 10.1. The molecule has 3 atom stereocenters. The van der Waals surface area contributed by atoms with Crippen molar-refractivity contribution < 1.29 is 19.4 Å². The molecule has 0 aliphatic carbocycles. The highest BCUT2D eigenvalue weighted by Crippen LogP contribution is 2.36. The zero-order chi connectivity index (χ0) is 23.9. The molecule has 0 saturated carbocycles. The van der Waals surface area contributed by atoms with E-state index in [2.05, 4.69) is 42.1 Å². The van der Waals surface area contributed by atoms with Crippen LogP contribution in [0.5, 0.6) is 0 Å². The number of halogens is 2. The van der Waals surface area contributed by atoms with Crippen molar-refractivity contribution in [3.05, 3.63) is 50.7 Å². The summed E-state index contributed by atoms with van der Waals surface area (Å²) in [6.07, 6.45) is -1.17. The third-order valence-corrected chi connectivity index (χ3v) is 7.98. The van der Waals surface area contributed by atoms with Crippen LogP contribution in [-0.2, 0) is 4.74 Å². The Bertz CT molecular complexity index is 1040. The summed E-state index contributed by atoms with van der Waals surface area (Å²) in [6.45, 7) is 3.04. The molecule has 33 heavy (non-hydrogen) atoms. The maximum atomic E-state index is 12.8. The predicted molar refractivity (Wildman–Crippen MR) is 131 cm³/mol. The number of benzene rings is 1. The van der Waals surface area contributed by atoms with E-state index in [9.17, 15) is 14.7 Å². The minimum Gasteiger partial charge on any atom is -0.391 e. The molecule has 1 fully saturated rings. The molecular formula is C22H27Br2N5O4. The number of urea groups is 1. The number of nitrogens with one attached hydrogen (secondary N) is 1. The number of rotatable bonds is 6. The summed E-state index contributed by atoms with van der Waals surface area (Å²) < 4.78 is 8.78. The Morgan fingerprint density at radius 3 is 2.58 bits per heavy atom. The standard InChI is InChI=1S/C22H27Br2N5O4/c1-13-4-6-14(7-5-13)28-11-26(2)22(32)27(12-28)10-15(30)8-18-21(33-3)25-20(31)17-9-16(23)19(24)29(17)18/h4-7,9,15,18,21,30H,8,10-12H2,1-3H3,(H,25,31)/t15?,18-,21-/m1/s1. The summed E-state index contributed by atoms with van der Waals surface area (Å²) in [5.41, 5.74) is 2.65. The summed E-state index contributed by atoms with van der Waals surface area (Å²) in [5, 5.41) is 13.9. The molecule has 11 heteroatoms. The van der Waals surface area contributed by atoms with Gasteiger partial charge < -0.3 is 34.4 Å². The van der Waals surface area contributed by atoms with E-state index < -0.39 is 12.3 Å². The number of carbonyl (C=O) groups excluding carboxylic acids is 2. The van der Waals surface area contributed by atoms with Gasteiger partial charge in [-0.2, -0.15) is 0 Å². The van der Waals surface area contributed by atoms with Gasteiger partial charge >= 0.3 is 6.03 Å². The van der Waals surface area contributed by atoms with Crippen molar-refractivity contribution in [2.45, 2.75) is 31.7 Å². The first kappa shape index (κ1) is 24.1. The lowest BCUT2D eigenvalue weighted by Gasteiger charge is -2.43. The zero-order valence-electron chi connectivity index (χ0n) is 18.7. The van der Waals surface area contributed by atoms with Crippen molar-refractivity contribution in [3.63, 3.8) is 0 Å². The molecule has 1 aromatic heterocycles. The molecule has 3 heterocycles. The highest BCUT2D eigenvalue weighted by atomic mass is 79.9. The largest absolute Gasteiger partial charge is 0.391 e. The number of anilines is 1. The maximum absolute atomic E-state index is 12.8. The van der Waals surface area contributed by atoms with E-state index in [1.807, 2.05) is 35.8 Å². The quantitative estimate of drug-likeness (QED) is 0.544. The van der Waals surface area contributed by atoms with Crippen LogP contribution in [0, 0.1) is 6.92 Å². The first-order valence-electron chi connectivity index (χ1n) is 10.6. The molecule has 0 radical (unpaired) electrons. The second-order valence-electron chi connectivity index (χ2n) is 8.49. The molecule has 9 nitrogen and oxygen atoms in total. The first-order chi connectivity index (χ1) is 15.7. The van der Waals surface area contributed by atoms with Gasteiger partial charge in [-0.15, -0.1) is 0 Å². The van der Waals surface area contributed by atoms with E-state index in [4.69, 9.17) is 4.74 Å². The van der Waals surface area contributed by atoms with E-state index in [1.54, 1.807) is 22.9 Å². The number of ether oxygens (including phenoxy) is 1. The van der Waals surface area contributed by atoms with Gasteiger partial charge in [-0.3, -0.25) is 4.79 Å². The van der Waals surface area contributed by atoms with E-state index in [-0.39, 0.29) is 30.9 Å². The van der Waals surface area contributed by atoms with Gasteiger partial charge in [0, 0.05) is 26.3 Å². The fourth-order valence-electron chi connectivity index (χ4n) is 4.38. The van der Waals surface area contributed by atoms with E-state index in [0.29, 0.717) is 23.6 Å². The first-order valence-corrected chi connectivity index (χ1v) is 12.2. The number of hydrogen-bond donors (Lipinski definition) is 2. The second kappa shape index (κ2) is 9.65. The number of amides is 3. The van der Waals surface area contributed by atoms with Crippen molar-refractivity contribution in [1.82, 2.24) is 19.7 Å². The smallest absolute Gasteiger partial charge is 0.322 e. The summed E-state index contributed by atoms with van der Waals surface area (Å²) in [6, 6.07) is 9.38. The van der Waals surface area contributed by atoms with Crippen LogP contribution in [-0.4, -0.2) is 77.8 Å².